The minimum absolute atomic E-state index is 0.0159. The van der Waals surface area contributed by atoms with Crippen LogP contribution in [-0.4, -0.2) is 198 Å². The van der Waals surface area contributed by atoms with Gasteiger partial charge in [0.1, 0.15) is 37.4 Å². The lowest BCUT2D eigenvalue weighted by molar-refractivity contribution is -0.142. The topological polar surface area (TPSA) is 207 Å². The SMILES string of the molecule is [B]C(=O)N(C)[C@@H](C)C(=O)N[C@H](C(=O)N1CCC[C@H]1CN(CCc1ccccc1)S(=O)(=O)c1ccccc1)[C@@H](C)OCC#C.[B]C(=O)N(C)[C@@H](C)C(=O)N[C@H](C(=O)N1CCC[C@H]1CNCCc1ccccc1)[C@@H](C)OCC#C. The molecule has 2 heterocycles. The van der Waals surface area contributed by atoms with Gasteiger partial charge in [0.15, 0.2) is 11.6 Å². The summed E-state index contributed by atoms with van der Waals surface area (Å²) in [6.45, 7) is 9.06. The maximum absolute atomic E-state index is 14.0. The number of ether oxygens (including phenoxy) is 2. The molecule has 4 radical (unpaired) electrons. The Kier molecular flexibility index (Phi) is 25.9. The molecule has 0 bridgehead atoms. The van der Waals surface area contributed by atoms with Crippen molar-refractivity contribution in [2.24, 2.45) is 0 Å². The van der Waals surface area contributed by atoms with Crippen LogP contribution in [0, 0.1) is 24.7 Å². The molecule has 0 spiro atoms. The molecule has 8 atom stereocenters. The number of likely N-dealkylation sites (tertiary alicyclic amines) is 2. The molecule has 0 unspecified atom stereocenters. The third kappa shape index (κ3) is 18.9. The molecule has 410 valence electrons. The van der Waals surface area contributed by atoms with E-state index in [0.717, 1.165) is 41.2 Å². The minimum atomic E-state index is -3.87. The second-order valence-corrected chi connectivity index (χ2v) is 21.1. The van der Waals surface area contributed by atoms with E-state index in [1.807, 2.05) is 48.5 Å². The second-order valence-electron chi connectivity index (χ2n) is 19.2. The van der Waals surface area contributed by atoms with E-state index >= 15 is 0 Å². The smallest absolute Gasteiger partial charge is 0.248 e. The molecule has 6 amide bonds. The van der Waals surface area contributed by atoms with Crippen LogP contribution in [0.3, 0.4) is 0 Å². The molecule has 0 saturated carbocycles. The van der Waals surface area contributed by atoms with Crippen molar-refractivity contribution in [2.75, 3.05) is 66.6 Å². The summed E-state index contributed by atoms with van der Waals surface area (Å²) >= 11 is 0. The Hall–Kier alpha value is -6.48. The zero-order valence-corrected chi connectivity index (χ0v) is 46.0. The Labute approximate surface area is 458 Å². The number of hydrogen-bond acceptors (Lipinski definition) is 11. The number of rotatable bonds is 26. The fraction of sp³-hybridized carbons (Fsp3) is 0.500. The van der Waals surface area contributed by atoms with Crippen molar-refractivity contribution >= 4 is 61.0 Å². The van der Waals surface area contributed by atoms with Gasteiger partial charge in [0.25, 0.3) is 0 Å². The number of nitrogens with one attached hydrogen (secondary N) is 3. The van der Waals surface area contributed by atoms with Crippen molar-refractivity contribution in [1.82, 2.24) is 39.9 Å². The Balaban J connectivity index is 0.000000342. The first-order chi connectivity index (χ1) is 36.7. The van der Waals surface area contributed by atoms with Gasteiger partial charge < -0.3 is 45.0 Å². The monoisotopic (exact) mass is 1070 g/mol. The van der Waals surface area contributed by atoms with E-state index in [1.165, 1.54) is 30.9 Å². The predicted octanol–water partition coefficient (Wildman–Crippen LogP) is 2.98. The van der Waals surface area contributed by atoms with Crippen LogP contribution in [0.2, 0.25) is 0 Å². The van der Waals surface area contributed by atoms with Crippen LogP contribution >= 0.6 is 0 Å². The fourth-order valence-electron chi connectivity index (χ4n) is 8.93. The summed E-state index contributed by atoms with van der Waals surface area (Å²) in [5.41, 5.74) is 2.25. The number of likely N-dealkylation sites (N-methyl/N-ethyl adjacent to an activating group) is 2. The lowest BCUT2D eigenvalue weighted by Crippen LogP contribution is -2.59. The van der Waals surface area contributed by atoms with Gasteiger partial charge in [-0.3, -0.25) is 28.8 Å². The predicted molar refractivity (Wildman–Crippen MR) is 297 cm³/mol. The number of sulfonamides is 1. The molecule has 0 aliphatic carbocycles. The Bertz CT molecular complexity index is 2590. The van der Waals surface area contributed by atoms with Crippen molar-refractivity contribution in [2.45, 2.75) is 120 Å². The normalized spacial score (nSPS) is 17.5. The van der Waals surface area contributed by atoms with Gasteiger partial charge >= 0.3 is 0 Å². The Morgan fingerprint density at radius 3 is 1.52 bits per heavy atom. The van der Waals surface area contributed by atoms with Crippen LogP contribution in [0.25, 0.3) is 0 Å². The quantitative estimate of drug-likeness (QED) is 0.0606. The van der Waals surface area contributed by atoms with Crippen LogP contribution in [0.4, 0.5) is 9.59 Å². The van der Waals surface area contributed by atoms with Crippen LogP contribution in [0.15, 0.2) is 95.9 Å². The first kappa shape index (κ1) is 63.1. The van der Waals surface area contributed by atoms with E-state index in [0.29, 0.717) is 38.9 Å². The molecule has 2 saturated heterocycles. The average Bonchev–Trinajstić information content (AvgIpc) is 4.12. The fourth-order valence-corrected chi connectivity index (χ4v) is 10.4. The van der Waals surface area contributed by atoms with Gasteiger partial charge in [0.05, 0.1) is 17.1 Å². The highest BCUT2D eigenvalue weighted by Crippen LogP contribution is 2.25. The number of hydrogen-bond donors (Lipinski definition) is 3. The van der Waals surface area contributed by atoms with Crippen molar-refractivity contribution in [3.8, 4) is 24.7 Å². The van der Waals surface area contributed by atoms with Crippen LogP contribution in [0.5, 0.6) is 0 Å². The molecular formula is C56H74B2N8O10S. The van der Waals surface area contributed by atoms with Crippen LogP contribution in [0.1, 0.15) is 64.5 Å². The van der Waals surface area contributed by atoms with Gasteiger partial charge in [-0.2, -0.15) is 4.31 Å². The molecule has 3 aromatic carbocycles. The number of carbonyl (C=O) groups is 6. The summed E-state index contributed by atoms with van der Waals surface area (Å²) in [4.78, 5) is 82.2. The van der Waals surface area contributed by atoms with Crippen molar-refractivity contribution in [3.05, 3.63) is 102 Å². The molecular weight excluding hydrogens is 998 g/mol. The molecule has 5 rings (SSSR count). The highest BCUT2D eigenvalue weighted by Gasteiger charge is 2.41. The first-order valence-electron chi connectivity index (χ1n) is 25.9. The Morgan fingerprint density at radius 1 is 0.662 bits per heavy atom. The highest BCUT2D eigenvalue weighted by atomic mass is 32.2. The third-order valence-electron chi connectivity index (χ3n) is 14.0. The lowest BCUT2D eigenvalue weighted by atomic mass is 10.1. The maximum Gasteiger partial charge on any atom is 0.248 e. The molecule has 2 aliphatic heterocycles. The molecule has 2 fully saturated rings. The summed E-state index contributed by atoms with van der Waals surface area (Å²) in [5, 5.41) is 8.92. The van der Waals surface area contributed by atoms with E-state index < -0.39 is 81.8 Å². The van der Waals surface area contributed by atoms with Crippen molar-refractivity contribution < 1.29 is 46.7 Å². The maximum atomic E-state index is 14.0. The molecule has 0 aromatic heterocycles. The summed E-state index contributed by atoms with van der Waals surface area (Å²) in [5.74, 6) is 1.49. The van der Waals surface area contributed by atoms with E-state index in [1.54, 1.807) is 60.9 Å². The molecule has 3 aromatic rings. The van der Waals surface area contributed by atoms with Gasteiger partial charge in [-0.1, -0.05) is 90.7 Å². The molecule has 21 heteroatoms. The van der Waals surface area contributed by atoms with E-state index in [2.05, 4.69) is 39.9 Å². The van der Waals surface area contributed by atoms with Gasteiger partial charge in [0, 0.05) is 58.9 Å². The van der Waals surface area contributed by atoms with Crippen LogP contribution in [-0.2, 0) is 51.5 Å². The molecule has 3 N–H and O–H groups in total. The van der Waals surface area contributed by atoms with E-state index in [4.69, 9.17) is 38.0 Å². The van der Waals surface area contributed by atoms with Gasteiger partial charge in [-0.05, 0) is 96.0 Å². The first-order valence-corrected chi connectivity index (χ1v) is 27.4. The van der Waals surface area contributed by atoms with E-state index in [-0.39, 0.29) is 43.1 Å². The summed E-state index contributed by atoms with van der Waals surface area (Å²) < 4.78 is 40.3. The average molecular weight is 1070 g/mol. The van der Waals surface area contributed by atoms with Gasteiger partial charge in [0.2, 0.25) is 49.3 Å². The lowest BCUT2D eigenvalue weighted by Gasteiger charge is -2.35. The van der Waals surface area contributed by atoms with Gasteiger partial charge in [-0.25, -0.2) is 8.42 Å². The molecule has 2 aliphatic rings. The highest BCUT2D eigenvalue weighted by molar-refractivity contribution is 7.89. The number of terminal acetylenes is 2. The minimum Gasteiger partial charge on any atom is -0.363 e. The van der Waals surface area contributed by atoms with Gasteiger partial charge in [-0.15, -0.1) is 12.8 Å². The number of benzene rings is 3. The second kappa shape index (κ2) is 31.7. The summed E-state index contributed by atoms with van der Waals surface area (Å²) in [6.07, 6.45) is 13.6. The molecule has 77 heavy (non-hydrogen) atoms. The largest absolute Gasteiger partial charge is 0.363 e. The third-order valence-corrected chi connectivity index (χ3v) is 15.8. The number of nitrogens with zero attached hydrogens (tertiary/aromatic N) is 5. The number of carbonyl (C=O) groups excluding carboxylic acids is 6. The summed E-state index contributed by atoms with van der Waals surface area (Å²) in [7, 11) is 9.55. The zero-order valence-electron chi connectivity index (χ0n) is 45.2. The van der Waals surface area contributed by atoms with Crippen molar-refractivity contribution in [1.29, 1.82) is 0 Å². The molecule has 18 nitrogen and oxygen atoms in total. The van der Waals surface area contributed by atoms with Crippen LogP contribution < -0.4 is 16.0 Å². The van der Waals surface area contributed by atoms with E-state index in [9.17, 15) is 37.2 Å². The standard InChI is InChI=1S/C31H39BN4O6S.C25H35BN4O4/c1-5-21-42-24(3)28(33-29(37)23(2)34(4)31(32)39)30(38)36-19-12-15-26(36)22-35(20-18-25-13-8-6-9-14-25)43(40,41)27-16-10-7-11-17-27;1-5-16-34-19(3)22(28-23(31)18(2)29(4)25(26)33)24(32)30-15-9-12-21(30)17-27-14-13-20-10-7-6-8-11-20/h1,6-11,13-14,16-17,23-24,26,28H,12,15,18-22H2,2-4H3,(H,33,37);1,6-8,10-11,18-19,21-22,27H,9,12-17H2,2-4H3,(H,28,31)/t23-,24+,26-,28-;18-,19+,21-,22-/m00/s1. The zero-order chi connectivity index (χ0) is 56.7. The Morgan fingerprint density at radius 2 is 1.08 bits per heavy atom. The number of amides is 6. The van der Waals surface area contributed by atoms with Crippen molar-refractivity contribution in [3.63, 3.8) is 0 Å². The summed E-state index contributed by atoms with van der Waals surface area (Å²) in [6, 6.07) is 23.8.